The number of rotatable bonds is 5. The van der Waals surface area contributed by atoms with Crippen LogP contribution in [-0.2, 0) is 24.5 Å². The van der Waals surface area contributed by atoms with E-state index in [1.54, 1.807) is 17.9 Å². The fourth-order valence-corrected chi connectivity index (χ4v) is 3.44. The van der Waals surface area contributed by atoms with Crippen LogP contribution in [0, 0.1) is 6.92 Å². The van der Waals surface area contributed by atoms with E-state index in [1.165, 1.54) is 6.92 Å². The van der Waals surface area contributed by atoms with Gasteiger partial charge in [-0.25, -0.2) is 0 Å². The Kier molecular flexibility index (Phi) is 5.77. The Bertz CT molecular complexity index is 854. The maximum absolute atomic E-state index is 13.0. The number of esters is 1. The molecule has 1 aliphatic rings. The molecule has 0 saturated carbocycles. The highest BCUT2D eigenvalue weighted by molar-refractivity contribution is 5.93. The average Bonchev–Trinajstić information content (AvgIpc) is 3.11. The van der Waals surface area contributed by atoms with Gasteiger partial charge in [-0.1, -0.05) is 35.5 Å². The summed E-state index contributed by atoms with van der Waals surface area (Å²) < 4.78 is 10.2. The Morgan fingerprint density at radius 3 is 2.46 bits per heavy atom. The summed E-state index contributed by atoms with van der Waals surface area (Å²) in [6.45, 7) is 3.73. The number of ether oxygens (including phenoxy) is 1. The first-order valence-corrected chi connectivity index (χ1v) is 9.12. The summed E-state index contributed by atoms with van der Waals surface area (Å²) in [5, 5.41) is 6.20. The zero-order valence-corrected chi connectivity index (χ0v) is 15.9. The van der Waals surface area contributed by atoms with E-state index in [2.05, 4.69) is 10.5 Å². The van der Waals surface area contributed by atoms with E-state index in [0.29, 0.717) is 31.7 Å². The number of benzene rings is 1. The highest BCUT2D eigenvalue weighted by Crippen LogP contribution is 2.37. The second-order valence-corrected chi connectivity index (χ2v) is 6.90. The Morgan fingerprint density at radius 2 is 1.89 bits per heavy atom. The zero-order valence-electron chi connectivity index (χ0n) is 15.9. The number of hydrogen-bond donors (Lipinski definition) is 1. The second kappa shape index (κ2) is 8.24. The van der Waals surface area contributed by atoms with Crippen molar-refractivity contribution in [1.82, 2.24) is 10.1 Å². The molecule has 0 atom stereocenters. The highest BCUT2D eigenvalue weighted by Gasteiger charge is 2.44. The van der Waals surface area contributed by atoms with E-state index >= 15 is 0 Å². The quantitative estimate of drug-likeness (QED) is 0.791. The van der Waals surface area contributed by atoms with E-state index in [9.17, 15) is 14.4 Å². The Labute approximate surface area is 162 Å². The smallest absolute Gasteiger partial charge is 0.317 e. The average molecular weight is 385 g/mol. The van der Waals surface area contributed by atoms with Gasteiger partial charge in [0.2, 0.25) is 5.91 Å². The summed E-state index contributed by atoms with van der Waals surface area (Å²) in [6.07, 6.45) is 0.888. The molecule has 0 bridgehead atoms. The molecule has 2 aromatic rings. The molecule has 1 fully saturated rings. The SMILES string of the molecule is CC(=O)N1CCC(C(=O)OCC(=O)Nc2cc(C)on2)(c2ccccc2)CC1. The van der Waals surface area contributed by atoms with E-state index in [-0.39, 0.29) is 11.7 Å². The Balaban J connectivity index is 1.69. The lowest BCUT2D eigenvalue weighted by Gasteiger charge is -2.40. The number of likely N-dealkylation sites (tertiary alicyclic amines) is 1. The Morgan fingerprint density at radius 1 is 1.21 bits per heavy atom. The standard InChI is InChI=1S/C20H23N3O5/c1-14-12-17(22-28-14)21-18(25)13-27-19(26)20(16-6-4-3-5-7-16)8-10-23(11-9-20)15(2)24/h3-7,12H,8-11,13H2,1-2H3,(H,21,22,25). The molecule has 28 heavy (non-hydrogen) atoms. The number of nitrogens with one attached hydrogen (secondary N) is 1. The molecular formula is C20H23N3O5. The second-order valence-electron chi connectivity index (χ2n) is 6.90. The predicted molar refractivity (Wildman–Crippen MR) is 100 cm³/mol. The maximum Gasteiger partial charge on any atom is 0.317 e. The molecular weight excluding hydrogens is 362 g/mol. The van der Waals surface area contributed by atoms with Gasteiger partial charge in [-0.15, -0.1) is 0 Å². The van der Waals surface area contributed by atoms with Gasteiger partial charge in [0.15, 0.2) is 12.4 Å². The highest BCUT2D eigenvalue weighted by atomic mass is 16.5. The van der Waals surface area contributed by atoms with Crippen LogP contribution in [-0.4, -0.2) is 47.5 Å². The summed E-state index contributed by atoms with van der Waals surface area (Å²) >= 11 is 0. The number of aryl methyl sites for hydroxylation is 1. The summed E-state index contributed by atoms with van der Waals surface area (Å²) in [7, 11) is 0. The molecule has 8 heteroatoms. The van der Waals surface area contributed by atoms with Gasteiger partial charge in [0.1, 0.15) is 5.76 Å². The van der Waals surface area contributed by atoms with Crippen molar-refractivity contribution in [1.29, 1.82) is 0 Å². The Hall–Kier alpha value is -3.16. The van der Waals surface area contributed by atoms with E-state index in [0.717, 1.165) is 5.56 Å². The molecule has 1 N–H and O–H groups in total. The van der Waals surface area contributed by atoms with Gasteiger partial charge < -0.3 is 19.5 Å². The third kappa shape index (κ3) is 4.21. The van der Waals surface area contributed by atoms with Gasteiger partial charge in [0, 0.05) is 26.1 Å². The number of anilines is 1. The molecule has 8 nitrogen and oxygen atoms in total. The number of hydrogen-bond acceptors (Lipinski definition) is 6. The van der Waals surface area contributed by atoms with Gasteiger partial charge in [-0.3, -0.25) is 14.4 Å². The molecule has 148 valence electrons. The summed E-state index contributed by atoms with van der Waals surface area (Å²) in [5.74, 6) is -0.143. The first-order chi connectivity index (χ1) is 13.4. The number of nitrogens with zero attached hydrogens (tertiary/aromatic N) is 2. The van der Waals surface area contributed by atoms with Crippen molar-refractivity contribution in [3.8, 4) is 0 Å². The normalized spacial score (nSPS) is 15.7. The lowest BCUT2D eigenvalue weighted by atomic mass is 9.72. The number of amides is 2. The van der Waals surface area contributed by atoms with Crippen molar-refractivity contribution in [2.45, 2.75) is 32.1 Å². The molecule has 0 unspecified atom stereocenters. The van der Waals surface area contributed by atoms with Crippen molar-refractivity contribution >= 4 is 23.6 Å². The molecule has 0 radical (unpaired) electrons. The molecule has 0 aliphatic carbocycles. The van der Waals surface area contributed by atoms with E-state index < -0.39 is 23.9 Å². The van der Waals surface area contributed by atoms with Crippen molar-refractivity contribution in [3.05, 3.63) is 47.7 Å². The lowest BCUT2D eigenvalue weighted by molar-refractivity contribution is -0.156. The molecule has 1 aliphatic heterocycles. The van der Waals surface area contributed by atoms with Gasteiger partial charge in [-0.05, 0) is 25.3 Å². The van der Waals surface area contributed by atoms with Gasteiger partial charge in [0.05, 0.1) is 5.41 Å². The third-order valence-electron chi connectivity index (χ3n) is 5.01. The van der Waals surface area contributed by atoms with Gasteiger partial charge in [0.25, 0.3) is 5.91 Å². The first kappa shape index (κ1) is 19.6. The van der Waals surface area contributed by atoms with Crippen LogP contribution in [0.25, 0.3) is 0 Å². The van der Waals surface area contributed by atoms with Crippen LogP contribution in [0.3, 0.4) is 0 Å². The van der Waals surface area contributed by atoms with Crippen LogP contribution in [0.15, 0.2) is 40.9 Å². The first-order valence-electron chi connectivity index (χ1n) is 9.12. The van der Waals surface area contributed by atoms with Crippen molar-refractivity contribution in [2.75, 3.05) is 25.0 Å². The summed E-state index contributed by atoms with van der Waals surface area (Å²) in [6, 6.07) is 10.9. The van der Waals surface area contributed by atoms with Crippen molar-refractivity contribution in [2.24, 2.45) is 0 Å². The van der Waals surface area contributed by atoms with E-state index in [4.69, 9.17) is 9.26 Å². The van der Waals surface area contributed by atoms with Gasteiger partial charge in [-0.2, -0.15) is 0 Å². The van der Waals surface area contributed by atoms with Crippen LogP contribution in [0.5, 0.6) is 0 Å². The number of carbonyl (C=O) groups excluding carboxylic acids is 3. The molecule has 2 amide bonds. The maximum atomic E-state index is 13.0. The molecule has 3 rings (SSSR count). The molecule has 0 spiro atoms. The zero-order chi connectivity index (χ0) is 20.1. The fraction of sp³-hybridized carbons (Fsp3) is 0.400. The molecule has 1 aromatic carbocycles. The topological polar surface area (TPSA) is 102 Å². The molecule has 2 heterocycles. The van der Waals surface area contributed by atoms with Crippen LogP contribution < -0.4 is 5.32 Å². The monoisotopic (exact) mass is 385 g/mol. The summed E-state index contributed by atoms with van der Waals surface area (Å²) in [5.41, 5.74) is -0.0476. The van der Waals surface area contributed by atoms with Crippen LogP contribution in [0.1, 0.15) is 31.1 Å². The van der Waals surface area contributed by atoms with E-state index in [1.807, 2.05) is 30.3 Å². The number of aromatic nitrogens is 1. The lowest BCUT2D eigenvalue weighted by Crippen LogP contribution is -2.49. The minimum atomic E-state index is -0.877. The predicted octanol–water partition coefficient (Wildman–Crippen LogP) is 2.05. The molecule has 1 aromatic heterocycles. The number of piperidine rings is 1. The van der Waals surface area contributed by atoms with Crippen LogP contribution in [0.2, 0.25) is 0 Å². The summed E-state index contributed by atoms with van der Waals surface area (Å²) in [4.78, 5) is 38.5. The van der Waals surface area contributed by atoms with Gasteiger partial charge >= 0.3 is 5.97 Å². The molecule has 1 saturated heterocycles. The number of carbonyl (C=O) groups is 3. The minimum Gasteiger partial charge on any atom is -0.455 e. The van der Waals surface area contributed by atoms with Crippen molar-refractivity contribution in [3.63, 3.8) is 0 Å². The van der Waals surface area contributed by atoms with Crippen LogP contribution in [0.4, 0.5) is 5.82 Å². The van der Waals surface area contributed by atoms with Crippen molar-refractivity contribution < 1.29 is 23.6 Å². The van der Waals surface area contributed by atoms with Crippen LogP contribution >= 0.6 is 0 Å². The minimum absolute atomic E-state index is 0.0164. The largest absolute Gasteiger partial charge is 0.455 e. The fourth-order valence-electron chi connectivity index (χ4n) is 3.44. The third-order valence-corrected chi connectivity index (χ3v) is 5.01.